The molecule has 0 spiro atoms. The summed E-state index contributed by atoms with van der Waals surface area (Å²) >= 11 is 5.76. The predicted molar refractivity (Wildman–Crippen MR) is 87.1 cm³/mol. The van der Waals surface area contributed by atoms with Crippen LogP contribution in [0.5, 0.6) is 11.6 Å². The lowest BCUT2D eigenvalue weighted by Crippen LogP contribution is -1.91. The van der Waals surface area contributed by atoms with E-state index in [1.807, 2.05) is 53.1 Å². The van der Waals surface area contributed by atoms with Crippen molar-refractivity contribution in [3.63, 3.8) is 0 Å². The van der Waals surface area contributed by atoms with Crippen molar-refractivity contribution in [2.45, 2.75) is 5.33 Å². The summed E-state index contributed by atoms with van der Waals surface area (Å²) in [5, 5.41) is 0.692. The second kappa shape index (κ2) is 5.50. The minimum absolute atomic E-state index is 0.643. The average Bonchev–Trinajstić information content (AvgIpc) is 2.78. The van der Waals surface area contributed by atoms with E-state index < -0.39 is 0 Å². The van der Waals surface area contributed by atoms with E-state index in [0.717, 1.165) is 17.1 Å². The topological polar surface area (TPSA) is 26.5 Å². The molecule has 0 amide bonds. The van der Waals surface area contributed by atoms with Gasteiger partial charge in [0.15, 0.2) is 0 Å². The Morgan fingerprint density at radius 1 is 1.16 bits per heavy atom. The lowest BCUT2D eigenvalue weighted by atomic mass is 10.3. The molecule has 0 aliphatic heterocycles. The van der Waals surface area contributed by atoms with Crippen molar-refractivity contribution in [3.05, 3.63) is 57.9 Å². The molecule has 0 aliphatic rings. The van der Waals surface area contributed by atoms with Gasteiger partial charge in [-0.2, -0.15) is 4.98 Å². The quantitative estimate of drug-likeness (QED) is 0.449. The van der Waals surface area contributed by atoms with Gasteiger partial charge in [-0.1, -0.05) is 22.0 Å². The van der Waals surface area contributed by atoms with Gasteiger partial charge in [-0.3, -0.25) is 4.40 Å². The van der Waals surface area contributed by atoms with Gasteiger partial charge in [0.1, 0.15) is 11.4 Å². The molecular formula is C14H10BrIN2O. The molecule has 0 fully saturated rings. The summed E-state index contributed by atoms with van der Waals surface area (Å²) in [6, 6.07) is 13.8. The second-order valence-corrected chi connectivity index (χ2v) is 5.79. The predicted octanol–water partition coefficient (Wildman–Crippen LogP) is 4.63. The van der Waals surface area contributed by atoms with Crippen molar-refractivity contribution in [1.29, 1.82) is 0 Å². The summed E-state index contributed by atoms with van der Waals surface area (Å²) in [4.78, 5) is 4.51. The first-order chi connectivity index (χ1) is 9.28. The smallest absolute Gasteiger partial charge is 0.242 e. The SMILES string of the molecule is BrCc1c(Oc2ccc(I)cc2)nc2ccccn12. The normalized spacial score (nSPS) is 10.8. The van der Waals surface area contributed by atoms with Crippen LogP contribution in [0.1, 0.15) is 5.69 Å². The van der Waals surface area contributed by atoms with E-state index in [4.69, 9.17) is 4.74 Å². The summed E-state index contributed by atoms with van der Waals surface area (Å²) in [6.07, 6.45) is 1.99. The van der Waals surface area contributed by atoms with Crippen molar-refractivity contribution in [2.24, 2.45) is 0 Å². The monoisotopic (exact) mass is 428 g/mol. The summed E-state index contributed by atoms with van der Waals surface area (Å²) < 4.78 is 9.08. The third-order valence-corrected chi connectivity index (χ3v) is 4.00. The van der Waals surface area contributed by atoms with E-state index >= 15 is 0 Å². The molecule has 0 unspecified atom stereocenters. The first kappa shape index (κ1) is 12.9. The molecule has 0 saturated carbocycles. The van der Waals surface area contributed by atoms with Crippen LogP contribution in [-0.4, -0.2) is 9.38 Å². The molecule has 3 aromatic rings. The number of imidazole rings is 1. The van der Waals surface area contributed by atoms with Crippen LogP contribution in [0.25, 0.3) is 5.65 Å². The Bertz CT molecular complexity index is 709. The molecular weight excluding hydrogens is 419 g/mol. The van der Waals surface area contributed by atoms with Gasteiger partial charge >= 0.3 is 0 Å². The third kappa shape index (κ3) is 2.62. The minimum Gasteiger partial charge on any atom is -0.437 e. The van der Waals surface area contributed by atoms with Crippen LogP contribution in [0.3, 0.4) is 0 Å². The standard InChI is InChI=1S/C14H10BrIN2O/c15-9-12-14(17-13-3-1-2-8-18(12)13)19-11-6-4-10(16)5-7-11/h1-8H,9H2. The van der Waals surface area contributed by atoms with Gasteiger partial charge in [-0.05, 0) is 59.0 Å². The molecule has 0 aliphatic carbocycles. The molecule has 1 aromatic carbocycles. The van der Waals surface area contributed by atoms with Gasteiger partial charge in [0.05, 0.1) is 5.69 Å². The zero-order valence-corrected chi connectivity index (χ0v) is 13.6. The van der Waals surface area contributed by atoms with Crippen LogP contribution < -0.4 is 4.74 Å². The number of hydrogen-bond acceptors (Lipinski definition) is 2. The van der Waals surface area contributed by atoms with Gasteiger partial charge in [0, 0.05) is 15.1 Å². The highest BCUT2D eigenvalue weighted by atomic mass is 127. The highest BCUT2D eigenvalue weighted by molar-refractivity contribution is 14.1. The largest absolute Gasteiger partial charge is 0.437 e. The van der Waals surface area contributed by atoms with E-state index in [1.54, 1.807) is 0 Å². The molecule has 3 rings (SSSR count). The molecule has 3 nitrogen and oxygen atoms in total. The van der Waals surface area contributed by atoms with Crippen molar-refractivity contribution in [1.82, 2.24) is 9.38 Å². The fourth-order valence-corrected chi connectivity index (χ4v) is 2.71. The van der Waals surface area contributed by atoms with Crippen molar-refractivity contribution < 1.29 is 4.74 Å². The van der Waals surface area contributed by atoms with Gasteiger partial charge in [0.25, 0.3) is 0 Å². The number of alkyl halides is 1. The second-order valence-electron chi connectivity index (χ2n) is 3.98. The van der Waals surface area contributed by atoms with E-state index in [0.29, 0.717) is 11.2 Å². The first-order valence-corrected chi connectivity index (χ1v) is 7.93. The van der Waals surface area contributed by atoms with E-state index in [-0.39, 0.29) is 0 Å². The van der Waals surface area contributed by atoms with Gasteiger partial charge in [-0.25, -0.2) is 0 Å². The molecule has 96 valence electrons. The number of halogens is 2. The number of benzene rings is 1. The summed E-state index contributed by atoms with van der Waals surface area (Å²) in [6.45, 7) is 0. The fourth-order valence-electron chi connectivity index (χ4n) is 1.84. The minimum atomic E-state index is 0.643. The van der Waals surface area contributed by atoms with E-state index in [9.17, 15) is 0 Å². The molecule has 0 N–H and O–H groups in total. The number of rotatable bonds is 3. The van der Waals surface area contributed by atoms with Gasteiger partial charge in [0.2, 0.25) is 5.88 Å². The Labute approximate surface area is 132 Å². The maximum absolute atomic E-state index is 5.88. The van der Waals surface area contributed by atoms with Crippen LogP contribution in [0.2, 0.25) is 0 Å². The average molecular weight is 429 g/mol. The zero-order valence-electron chi connectivity index (χ0n) is 9.88. The molecule has 0 saturated heterocycles. The number of fused-ring (bicyclic) bond motifs is 1. The lowest BCUT2D eigenvalue weighted by Gasteiger charge is -2.04. The molecule has 0 bridgehead atoms. The van der Waals surface area contributed by atoms with Gasteiger partial charge < -0.3 is 4.74 Å². The number of aromatic nitrogens is 2. The Morgan fingerprint density at radius 3 is 2.68 bits per heavy atom. The molecule has 0 atom stereocenters. The van der Waals surface area contributed by atoms with Crippen LogP contribution in [0.4, 0.5) is 0 Å². The third-order valence-electron chi connectivity index (χ3n) is 2.75. The number of hydrogen-bond donors (Lipinski definition) is 0. The number of nitrogens with zero attached hydrogens (tertiary/aromatic N) is 2. The fraction of sp³-hybridized carbons (Fsp3) is 0.0714. The van der Waals surface area contributed by atoms with Crippen molar-refractivity contribution >= 4 is 44.2 Å². The Hall–Kier alpha value is -1.08. The van der Waals surface area contributed by atoms with Crippen LogP contribution in [-0.2, 0) is 5.33 Å². The van der Waals surface area contributed by atoms with E-state index in [2.05, 4.69) is 43.5 Å². The van der Waals surface area contributed by atoms with Crippen LogP contribution in [0.15, 0.2) is 48.7 Å². The molecule has 0 radical (unpaired) electrons. The van der Waals surface area contributed by atoms with E-state index in [1.165, 1.54) is 3.57 Å². The van der Waals surface area contributed by atoms with Crippen molar-refractivity contribution in [3.8, 4) is 11.6 Å². The molecule has 2 heterocycles. The highest BCUT2D eigenvalue weighted by Crippen LogP contribution is 2.27. The maximum Gasteiger partial charge on any atom is 0.242 e. The Balaban J connectivity index is 2.02. The molecule has 19 heavy (non-hydrogen) atoms. The first-order valence-electron chi connectivity index (χ1n) is 5.73. The van der Waals surface area contributed by atoms with Crippen LogP contribution >= 0.6 is 38.5 Å². The summed E-state index contributed by atoms with van der Waals surface area (Å²) in [5.41, 5.74) is 1.90. The summed E-state index contributed by atoms with van der Waals surface area (Å²) in [5.74, 6) is 1.44. The Morgan fingerprint density at radius 2 is 1.95 bits per heavy atom. The number of pyridine rings is 1. The lowest BCUT2D eigenvalue weighted by molar-refractivity contribution is 0.461. The zero-order chi connectivity index (χ0) is 13.2. The molecule has 2 aromatic heterocycles. The number of ether oxygens (including phenoxy) is 1. The van der Waals surface area contributed by atoms with Gasteiger partial charge in [-0.15, -0.1) is 0 Å². The summed E-state index contributed by atoms with van der Waals surface area (Å²) in [7, 11) is 0. The molecule has 5 heteroatoms. The van der Waals surface area contributed by atoms with Crippen LogP contribution in [0, 0.1) is 3.57 Å². The Kier molecular flexibility index (Phi) is 3.74. The van der Waals surface area contributed by atoms with Crippen molar-refractivity contribution in [2.75, 3.05) is 0 Å². The maximum atomic E-state index is 5.88. The highest BCUT2D eigenvalue weighted by Gasteiger charge is 2.12.